The summed E-state index contributed by atoms with van der Waals surface area (Å²) < 4.78 is 5.05. The van der Waals surface area contributed by atoms with E-state index in [0.29, 0.717) is 31.0 Å². The first-order valence-corrected chi connectivity index (χ1v) is 4.81. The molecular formula is C9H15N5O2. The Balaban J connectivity index is 2.53. The number of amides is 1. The zero-order valence-electron chi connectivity index (χ0n) is 9.06. The summed E-state index contributed by atoms with van der Waals surface area (Å²) in [5, 5.41) is 3.00. The van der Waals surface area contributed by atoms with Gasteiger partial charge in [0.25, 0.3) is 0 Å². The Morgan fingerprint density at radius 3 is 2.94 bits per heavy atom. The number of hydrogen-bond donors (Lipinski definition) is 3. The quantitative estimate of drug-likeness (QED) is 0.574. The summed E-state index contributed by atoms with van der Waals surface area (Å²) in [5.74, 6) is 0.868. The molecule has 0 saturated heterocycles. The lowest BCUT2D eigenvalue weighted by Crippen LogP contribution is -2.13. The molecule has 0 bridgehead atoms. The van der Waals surface area contributed by atoms with Crippen LogP contribution in [-0.2, 0) is 4.79 Å². The molecule has 88 valence electrons. The van der Waals surface area contributed by atoms with E-state index in [1.807, 2.05) is 0 Å². The van der Waals surface area contributed by atoms with Crippen molar-refractivity contribution in [1.82, 2.24) is 9.97 Å². The predicted octanol–water partition coefficient (Wildman–Crippen LogP) is -0.255. The highest BCUT2D eigenvalue weighted by Crippen LogP contribution is 2.25. The van der Waals surface area contributed by atoms with E-state index in [2.05, 4.69) is 15.3 Å². The van der Waals surface area contributed by atoms with Gasteiger partial charge in [-0.2, -0.15) is 0 Å². The number of ether oxygens (including phenoxy) is 1. The molecule has 1 aromatic rings. The lowest BCUT2D eigenvalue weighted by atomic mass is 10.3. The SMILES string of the molecule is COc1c(N)ncnc1NCCCC(N)=O. The van der Waals surface area contributed by atoms with Crippen LogP contribution in [0.5, 0.6) is 5.75 Å². The molecular weight excluding hydrogens is 210 g/mol. The Bertz CT molecular complexity index is 369. The molecule has 0 spiro atoms. The maximum atomic E-state index is 10.5. The van der Waals surface area contributed by atoms with Crippen molar-refractivity contribution in [2.75, 3.05) is 24.7 Å². The highest BCUT2D eigenvalue weighted by molar-refractivity contribution is 5.73. The van der Waals surface area contributed by atoms with E-state index < -0.39 is 0 Å². The summed E-state index contributed by atoms with van der Waals surface area (Å²) in [6, 6.07) is 0. The molecule has 7 heteroatoms. The van der Waals surface area contributed by atoms with Crippen LogP contribution >= 0.6 is 0 Å². The summed E-state index contributed by atoms with van der Waals surface area (Å²) in [7, 11) is 1.49. The van der Waals surface area contributed by atoms with Gasteiger partial charge in [-0.1, -0.05) is 0 Å². The largest absolute Gasteiger partial charge is 0.490 e. The average Bonchev–Trinajstić information content (AvgIpc) is 2.24. The first kappa shape index (κ1) is 12.0. The van der Waals surface area contributed by atoms with Crippen molar-refractivity contribution in [1.29, 1.82) is 0 Å². The van der Waals surface area contributed by atoms with Crippen LogP contribution in [0.3, 0.4) is 0 Å². The van der Waals surface area contributed by atoms with Crippen molar-refractivity contribution in [3.8, 4) is 5.75 Å². The number of hydrogen-bond acceptors (Lipinski definition) is 6. The van der Waals surface area contributed by atoms with E-state index in [0.717, 1.165) is 0 Å². The molecule has 7 nitrogen and oxygen atoms in total. The number of rotatable bonds is 6. The summed E-state index contributed by atoms with van der Waals surface area (Å²) in [5.41, 5.74) is 10.6. The smallest absolute Gasteiger partial charge is 0.217 e. The second kappa shape index (κ2) is 5.74. The number of nitrogen functional groups attached to an aromatic ring is 1. The molecule has 5 N–H and O–H groups in total. The summed E-state index contributed by atoms with van der Waals surface area (Å²) in [6.07, 6.45) is 2.30. The number of nitrogens with zero attached hydrogens (tertiary/aromatic N) is 2. The summed E-state index contributed by atoms with van der Waals surface area (Å²) >= 11 is 0. The predicted molar refractivity (Wildman–Crippen MR) is 59.9 cm³/mol. The van der Waals surface area contributed by atoms with Crippen LogP contribution in [-0.4, -0.2) is 29.5 Å². The first-order valence-electron chi connectivity index (χ1n) is 4.81. The molecule has 1 heterocycles. The maximum absolute atomic E-state index is 10.5. The number of aromatic nitrogens is 2. The lowest BCUT2D eigenvalue weighted by molar-refractivity contribution is -0.118. The van der Waals surface area contributed by atoms with Gasteiger partial charge in [-0.05, 0) is 6.42 Å². The number of carbonyl (C=O) groups is 1. The van der Waals surface area contributed by atoms with E-state index in [1.54, 1.807) is 0 Å². The molecule has 0 atom stereocenters. The second-order valence-electron chi connectivity index (χ2n) is 3.14. The van der Waals surface area contributed by atoms with Crippen LogP contribution in [0.4, 0.5) is 11.6 Å². The molecule has 0 aromatic carbocycles. The zero-order valence-corrected chi connectivity index (χ0v) is 9.06. The Morgan fingerprint density at radius 1 is 1.56 bits per heavy atom. The second-order valence-corrected chi connectivity index (χ2v) is 3.14. The Kier molecular flexibility index (Phi) is 4.31. The normalized spacial score (nSPS) is 9.81. The highest BCUT2D eigenvalue weighted by Gasteiger charge is 2.08. The van der Waals surface area contributed by atoms with Gasteiger partial charge in [0, 0.05) is 13.0 Å². The standard InChI is InChI=1S/C9H15N5O2/c1-16-7-8(11)13-5-14-9(7)12-4-2-3-6(10)15/h5H,2-4H2,1H3,(H2,10,15)(H3,11,12,13,14). The minimum Gasteiger partial charge on any atom is -0.490 e. The van der Waals surface area contributed by atoms with Crippen molar-refractivity contribution < 1.29 is 9.53 Å². The number of anilines is 2. The van der Waals surface area contributed by atoms with Gasteiger partial charge in [0.15, 0.2) is 11.6 Å². The van der Waals surface area contributed by atoms with Crippen molar-refractivity contribution in [2.24, 2.45) is 5.73 Å². The molecule has 1 aromatic heterocycles. The highest BCUT2D eigenvalue weighted by atomic mass is 16.5. The first-order chi connectivity index (χ1) is 7.65. The molecule has 16 heavy (non-hydrogen) atoms. The van der Waals surface area contributed by atoms with Crippen LogP contribution in [0, 0.1) is 0 Å². The van der Waals surface area contributed by atoms with Crippen LogP contribution in [0.25, 0.3) is 0 Å². The fraction of sp³-hybridized carbons (Fsp3) is 0.444. The molecule has 0 aliphatic rings. The molecule has 0 aliphatic heterocycles. The molecule has 0 aliphatic carbocycles. The lowest BCUT2D eigenvalue weighted by Gasteiger charge is -2.10. The van der Waals surface area contributed by atoms with Crippen LogP contribution < -0.4 is 21.5 Å². The fourth-order valence-corrected chi connectivity index (χ4v) is 1.18. The van der Waals surface area contributed by atoms with E-state index in [-0.39, 0.29) is 11.7 Å². The van der Waals surface area contributed by atoms with Gasteiger partial charge in [0.1, 0.15) is 6.33 Å². The Morgan fingerprint density at radius 2 is 2.31 bits per heavy atom. The van der Waals surface area contributed by atoms with E-state index in [4.69, 9.17) is 16.2 Å². The molecule has 1 amide bonds. The van der Waals surface area contributed by atoms with Gasteiger partial charge < -0.3 is 21.5 Å². The molecule has 0 saturated carbocycles. The Labute approximate surface area is 93.2 Å². The third-order valence-corrected chi connectivity index (χ3v) is 1.93. The summed E-state index contributed by atoms with van der Waals surface area (Å²) in [4.78, 5) is 18.3. The third kappa shape index (κ3) is 3.26. The number of nitrogens with one attached hydrogen (secondary N) is 1. The Hall–Kier alpha value is -2.05. The molecule has 0 fully saturated rings. The molecule has 0 unspecified atom stereocenters. The van der Waals surface area contributed by atoms with Gasteiger partial charge in [-0.15, -0.1) is 0 Å². The fourth-order valence-electron chi connectivity index (χ4n) is 1.18. The number of primary amides is 1. The monoisotopic (exact) mass is 225 g/mol. The topological polar surface area (TPSA) is 116 Å². The van der Waals surface area contributed by atoms with Gasteiger partial charge >= 0.3 is 0 Å². The van der Waals surface area contributed by atoms with Gasteiger partial charge in [-0.3, -0.25) is 4.79 Å². The van der Waals surface area contributed by atoms with Crippen molar-refractivity contribution in [2.45, 2.75) is 12.8 Å². The van der Waals surface area contributed by atoms with E-state index in [9.17, 15) is 4.79 Å². The van der Waals surface area contributed by atoms with E-state index in [1.165, 1.54) is 13.4 Å². The minimum atomic E-state index is -0.323. The van der Waals surface area contributed by atoms with Crippen molar-refractivity contribution >= 4 is 17.5 Å². The average molecular weight is 225 g/mol. The van der Waals surface area contributed by atoms with Gasteiger partial charge in [0.05, 0.1) is 7.11 Å². The van der Waals surface area contributed by atoms with Crippen LogP contribution in [0.15, 0.2) is 6.33 Å². The number of carbonyl (C=O) groups excluding carboxylic acids is 1. The minimum absolute atomic E-state index is 0.273. The van der Waals surface area contributed by atoms with Crippen LogP contribution in [0.2, 0.25) is 0 Å². The van der Waals surface area contributed by atoms with Crippen molar-refractivity contribution in [3.63, 3.8) is 0 Å². The zero-order chi connectivity index (χ0) is 12.0. The van der Waals surface area contributed by atoms with Crippen molar-refractivity contribution in [3.05, 3.63) is 6.33 Å². The third-order valence-electron chi connectivity index (χ3n) is 1.93. The van der Waals surface area contributed by atoms with E-state index >= 15 is 0 Å². The van der Waals surface area contributed by atoms with Crippen LogP contribution in [0.1, 0.15) is 12.8 Å². The maximum Gasteiger partial charge on any atom is 0.217 e. The molecule has 1 rings (SSSR count). The number of methoxy groups -OCH3 is 1. The van der Waals surface area contributed by atoms with Gasteiger partial charge in [-0.25, -0.2) is 9.97 Å². The number of nitrogens with two attached hydrogens (primary N) is 2. The molecule has 0 radical (unpaired) electrons. The summed E-state index contributed by atoms with van der Waals surface area (Å²) in [6.45, 7) is 0.565. The van der Waals surface area contributed by atoms with Gasteiger partial charge in [0.2, 0.25) is 11.7 Å².